The minimum atomic E-state index is -0.785. The van der Waals surface area contributed by atoms with Gasteiger partial charge in [-0.3, -0.25) is 4.79 Å². The van der Waals surface area contributed by atoms with Crippen LogP contribution in [0.1, 0.15) is 47.0 Å². The van der Waals surface area contributed by atoms with Gasteiger partial charge in [0.15, 0.2) is 0 Å². The monoisotopic (exact) mass is 272 g/mol. The number of nitrogens with one attached hydrogen (secondary N) is 1. The molecule has 0 rings (SSSR count). The predicted octanol–water partition coefficient (Wildman–Crippen LogP) is 2.56. The first-order valence-electron chi connectivity index (χ1n) is 7.07. The van der Waals surface area contributed by atoms with Crippen LogP contribution in [0.5, 0.6) is 0 Å². The highest BCUT2D eigenvalue weighted by atomic mass is 16.4. The normalized spacial score (nSPS) is 10.8. The summed E-state index contributed by atoms with van der Waals surface area (Å²) in [6.07, 6.45) is 1.47. The number of carboxylic acids is 1. The van der Waals surface area contributed by atoms with Crippen LogP contribution in [0.3, 0.4) is 0 Å². The van der Waals surface area contributed by atoms with Crippen molar-refractivity contribution in [3.63, 3.8) is 0 Å². The molecule has 5 nitrogen and oxygen atoms in total. The third-order valence-corrected chi connectivity index (χ3v) is 2.55. The minimum Gasteiger partial charge on any atom is -0.481 e. The second kappa shape index (κ2) is 9.64. The molecule has 0 heterocycles. The average Bonchev–Trinajstić information content (AvgIpc) is 2.25. The van der Waals surface area contributed by atoms with Crippen molar-refractivity contribution in [3.8, 4) is 0 Å². The van der Waals surface area contributed by atoms with Gasteiger partial charge < -0.3 is 15.3 Å². The largest absolute Gasteiger partial charge is 0.481 e. The van der Waals surface area contributed by atoms with Crippen molar-refractivity contribution in [2.45, 2.75) is 47.0 Å². The number of unbranched alkanes of at least 4 members (excludes halogenated alkanes) is 1. The maximum absolute atomic E-state index is 12.0. The van der Waals surface area contributed by atoms with Crippen molar-refractivity contribution in [1.82, 2.24) is 10.2 Å². The molecule has 112 valence electrons. The molecule has 0 aliphatic rings. The molecule has 5 heteroatoms. The molecule has 0 fully saturated rings. The van der Waals surface area contributed by atoms with E-state index in [1.165, 1.54) is 0 Å². The van der Waals surface area contributed by atoms with Crippen molar-refractivity contribution in [2.24, 2.45) is 11.8 Å². The molecule has 0 aromatic carbocycles. The first-order chi connectivity index (χ1) is 8.82. The minimum absolute atomic E-state index is 0.0438. The van der Waals surface area contributed by atoms with E-state index in [9.17, 15) is 9.59 Å². The molecule has 0 saturated heterocycles. The van der Waals surface area contributed by atoms with Gasteiger partial charge in [0.1, 0.15) is 0 Å². The Labute approximate surface area is 116 Å². The molecule has 0 aliphatic carbocycles. The number of carbonyl (C=O) groups is 2. The van der Waals surface area contributed by atoms with Crippen molar-refractivity contribution in [1.29, 1.82) is 0 Å². The van der Waals surface area contributed by atoms with Crippen molar-refractivity contribution in [3.05, 3.63) is 0 Å². The zero-order valence-electron chi connectivity index (χ0n) is 12.6. The molecular weight excluding hydrogens is 244 g/mol. The van der Waals surface area contributed by atoms with Crippen molar-refractivity contribution in [2.75, 3.05) is 19.6 Å². The Balaban J connectivity index is 3.99. The predicted molar refractivity (Wildman–Crippen MR) is 76.1 cm³/mol. The summed E-state index contributed by atoms with van der Waals surface area (Å²) >= 11 is 0. The van der Waals surface area contributed by atoms with Crippen LogP contribution in [0.4, 0.5) is 4.79 Å². The molecule has 0 aliphatic heterocycles. The lowest BCUT2D eigenvalue weighted by atomic mass is 10.1. The van der Waals surface area contributed by atoms with E-state index in [0.717, 1.165) is 13.1 Å². The van der Waals surface area contributed by atoms with Gasteiger partial charge in [-0.05, 0) is 24.7 Å². The Morgan fingerprint density at radius 3 is 2.00 bits per heavy atom. The first kappa shape index (κ1) is 17.7. The summed E-state index contributed by atoms with van der Waals surface area (Å²) in [5, 5.41) is 11.4. The summed E-state index contributed by atoms with van der Waals surface area (Å²) in [4.78, 5) is 24.2. The lowest BCUT2D eigenvalue weighted by Crippen LogP contribution is -2.44. The topological polar surface area (TPSA) is 69.6 Å². The molecule has 0 radical (unpaired) electrons. The molecule has 0 aromatic rings. The van der Waals surface area contributed by atoms with Crippen LogP contribution in [-0.4, -0.2) is 41.6 Å². The lowest BCUT2D eigenvalue weighted by Gasteiger charge is -2.26. The van der Waals surface area contributed by atoms with E-state index < -0.39 is 5.97 Å². The number of aliphatic carboxylic acids is 1. The summed E-state index contributed by atoms with van der Waals surface area (Å²) in [5.41, 5.74) is 0. The fourth-order valence-corrected chi connectivity index (χ4v) is 1.83. The average molecular weight is 272 g/mol. The molecule has 0 spiro atoms. The standard InChI is InChI=1S/C14H28N2O3/c1-11(2)9-16(10-12(3)4)14(19)15-8-6-5-7-13(17)18/h11-12H,5-10H2,1-4H3,(H,15,19)(H,17,18). The number of urea groups is 1. The fraction of sp³-hybridized carbons (Fsp3) is 0.857. The van der Waals surface area contributed by atoms with Crippen molar-refractivity contribution < 1.29 is 14.7 Å². The molecule has 2 amide bonds. The molecule has 19 heavy (non-hydrogen) atoms. The highest BCUT2D eigenvalue weighted by molar-refractivity contribution is 5.74. The van der Waals surface area contributed by atoms with Gasteiger partial charge in [-0.2, -0.15) is 0 Å². The maximum atomic E-state index is 12.0. The van der Waals surface area contributed by atoms with E-state index in [4.69, 9.17) is 5.11 Å². The van der Waals surface area contributed by atoms with Gasteiger partial charge in [-0.1, -0.05) is 27.7 Å². The van der Waals surface area contributed by atoms with E-state index in [2.05, 4.69) is 33.0 Å². The van der Waals surface area contributed by atoms with Crippen LogP contribution >= 0.6 is 0 Å². The van der Waals surface area contributed by atoms with Crippen molar-refractivity contribution >= 4 is 12.0 Å². The number of amides is 2. The van der Waals surface area contributed by atoms with E-state index in [1.54, 1.807) is 0 Å². The summed E-state index contributed by atoms with van der Waals surface area (Å²) < 4.78 is 0. The van der Waals surface area contributed by atoms with E-state index >= 15 is 0 Å². The number of carboxylic acid groups (broad SMARTS) is 1. The molecule has 0 atom stereocenters. The number of hydrogen-bond donors (Lipinski definition) is 2. The Kier molecular flexibility index (Phi) is 9.00. The van der Waals surface area contributed by atoms with Gasteiger partial charge >= 0.3 is 12.0 Å². The fourth-order valence-electron chi connectivity index (χ4n) is 1.83. The van der Waals surface area contributed by atoms with Crippen LogP contribution in [0.25, 0.3) is 0 Å². The zero-order chi connectivity index (χ0) is 14.8. The molecule has 0 unspecified atom stereocenters. The molecular formula is C14H28N2O3. The third kappa shape index (κ3) is 10.4. The number of carbonyl (C=O) groups excluding carboxylic acids is 1. The Bertz CT molecular complexity index is 268. The van der Waals surface area contributed by atoms with Gasteiger partial charge in [-0.25, -0.2) is 4.79 Å². The lowest BCUT2D eigenvalue weighted by molar-refractivity contribution is -0.137. The zero-order valence-corrected chi connectivity index (χ0v) is 12.6. The van der Waals surface area contributed by atoms with Gasteiger partial charge in [0.2, 0.25) is 0 Å². The van der Waals surface area contributed by atoms with E-state index in [0.29, 0.717) is 31.2 Å². The maximum Gasteiger partial charge on any atom is 0.317 e. The summed E-state index contributed by atoms with van der Waals surface area (Å²) in [7, 11) is 0. The van der Waals surface area contributed by atoms with E-state index in [-0.39, 0.29) is 12.5 Å². The molecule has 2 N–H and O–H groups in total. The number of nitrogens with zero attached hydrogens (tertiary/aromatic N) is 1. The summed E-state index contributed by atoms with van der Waals surface area (Å²) in [5.74, 6) is 0.0978. The van der Waals surface area contributed by atoms with Gasteiger partial charge in [-0.15, -0.1) is 0 Å². The Morgan fingerprint density at radius 1 is 1.05 bits per heavy atom. The third-order valence-electron chi connectivity index (χ3n) is 2.55. The SMILES string of the molecule is CC(C)CN(CC(C)C)C(=O)NCCCCC(=O)O. The highest BCUT2D eigenvalue weighted by Gasteiger charge is 2.15. The van der Waals surface area contributed by atoms with Crippen LogP contribution in [-0.2, 0) is 4.79 Å². The first-order valence-corrected chi connectivity index (χ1v) is 7.07. The van der Waals surface area contributed by atoms with Crippen LogP contribution in [0, 0.1) is 11.8 Å². The molecule has 0 aromatic heterocycles. The number of hydrogen-bond acceptors (Lipinski definition) is 2. The quantitative estimate of drug-likeness (QED) is 0.634. The Morgan fingerprint density at radius 2 is 1.58 bits per heavy atom. The Hall–Kier alpha value is -1.26. The van der Waals surface area contributed by atoms with Gasteiger partial charge in [0.25, 0.3) is 0 Å². The number of rotatable bonds is 9. The van der Waals surface area contributed by atoms with Gasteiger partial charge in [0, 0.05) is 26.1 Å². The van der Waals surface area contributed by atoms with Crippen LogP contribution in [0.2, 0.25) is 0 Å². The van der Waals surface area contributed by atoms with Crippen LogP contribution in [0.15, 0.2) is 0 Å². The van der Waals surface area contributed by atoms with Gasteiger partial charge in [0.05, 0.1) is 0 Å². The second-order valence-electron chi connectivity index (χ2n) is 5.78. The smallest absolute Gasteiger partial charge is 0.317 e. The second-order valence-corrected chi connectivity index (χ2v) is 5.78. The highest BCUT2D eigenvalue weighted by Crippen LogP contribution is 2.04. The molecule has 0 bridgehead atoms. The summed E-state index contributed by atoms with van der Waals surface area (Å²) in [6, 6.07) is -0.0438. The molecule has 0 saturated carbocycles. The van der Waals surface area contributed by atoms with Crippen LogP contribution < -0.4 is 5.32 Å². The summed E-state index contributed by atoms with van der Waals surface area (Å²) in [6.45, 7) is 10.4. The van der Waals surface area contributed by atoms with E-state index in [1.807, 2.05) is 4.90 Å².